The van der Waals surface area contributed by atoms with E-state index in [2.05, 4.69) is 15.2 Å². The SMILES string of the molecule is O=C(NC1CCOCC1)C1CCN(c2nc3c(F)cccc3s2)CC1. The number of carbonyl (C=O) groups is 1. The molecule has 3 heterocycles. The Hall–Kier alpha value is -1.73. The summed E-state index contributed by atoms with van der Waals surface area (Å²) in [5.41, 5.74) is 0.446. The predicted molar refractivity (Wildman–Crippen MR) is 96.5 cm³/mol. The van der Waals surface area contributed by atoms with Crippen molar-refractivity contribution < 1.29 is 13.9 Å². The van der Waals surface area contributed by atoms with E-state index in [1.165, 1.54) is 17.4 Å². The second-order valence-corrected chi connectivity index (χ2v) is 7.75. The van der Waals surface area contributed by atoms with E-state index in [1.54, 1.807) is 6.07 Å². The number of anilines is 1. The standard InChI is InChI=1S/C18H22FN3O2S/c19-14-2-1-3-15-16(14)21-18(25-15)22-8-4-12(5-9-22)17(23)20-13-6-10-24-11-7-13/h1-3,12-13H,4-11H2,(H,20,23). The summed E-state index contributed by atoms with van der Waals surface area (Å²) in [7, 11) is 0. The summed E-state index contributed by atoms with van der Waals surface area (Å²) < 4.78 is 20.0. The summed E-state index contributed by atoms with van der Waals surface area (Å²) in [6, 6.07) is 5.31. The van der Waals surface area contributed by atoms with Gasteiger partial charge in [-0.3, -0.25) is 4.79 Å². The van der Waals surface area contributed by atoms with Crippen LogP contribution < -0.4 is 10.2 Å². The van der Waals surface area contributed by atoms with E-state index in [1.807, 2.05) is 6.07 Å². The van der Waals surface area contributed by atoms with Crippen LogP contribution in [0.3, 0.4) is 0 Å². The fourth-order valence-electron chi connectivity index (χ4n) is 3.53. The Balaban J connectivity index is 1.35. The zero-order valence-corrected chi connectivity index (χ0v) is 14.9. The molecule has 2 saturated heterocycles. The van der Waals surface area contributed by atoms with Crippen molar-refractivity contribution in [2.45, 2.75) is 31.7 Å². The number of fused-ring (bicyclic) bond motifs is 1. The number of hydrogen-bond acceptors (Lipinski definition) is 5. The monoisotopic (exact) mass is 363 g/mol. The van der Waals surface area contributed by atoms with Gasteiger partial charge in [0.05, 0.1) is 4.70 Å². The van der Waals surface area contributed by atoms with Gasteiger partial charge in [0.25, 0.3) is 0 Å². The normalized spacial score (nSPS) is 20.1. The first kappa shape index (κ1) is 16.7. The van der Waals surface area contributed by atoms with Gasteiger partial charge >= 0.3 is 0 Å². The molecule has 1 aromatic heterocycles. The smallest absolute Gasteiger partial charge is 0.223 e. The number of carbonyl (C=O) groups excluding carboxylic acids is 1. The Kier molecular flexibility index (Phi) is 4.85. The zero-order valence-electron chi connectivity index (χ0n) is 14.0. The first-order chi connectivity index (χ1) is 12.2. The summed E-state index contributed by atoms with van der Waals surface area (Å²) in [4.78, 5) is 19.1. The van der Waals surface area contributed by atoms with Gasteiger partial charge < -0.3 is 15.0 Å². The van der Waals surface area contributed by atoms with Crippen LogP contribution in [0.5, 0.6) is 0 Å². The Morgan fingerprint density at radius 3 is 2.72 bits per heavy atom. The molecule has 25 heavy (non-hydrogen) atoms. The van der Waals surface area contributed by atoms with Crippen molar-refractivity contribution in [1.29, 1.82) is 0 Å². The molecule has 2 aromatic rings. The van der Waals surface area contributed by atoms with Gasteiger partial charge in [0, 0.05) is 38.3 Å². The summed E-state index contributed by atoms with van der Waals surface area (Å²) >= 11 is 1.52. The van der Waals surface area contributed by atoms with Crippen molar-refractivity contribution in [2.24, 2.45) is 5.92 Å². The molecule has 0 saturated carbocycles. The third-order valence-electron chi connectivity index (χ3n) is 5.06. The molecule has 0 bridgehead atoms. The summed E-state index contributed by atoms with van der Waals surface area (Å²) in [6.07, 6.45) is 3.44. The average molecular weight is 363 g/mol. The maximum absolute atomic E-state index is 13.8. The van der Waals surface area contributed by atoms with E-state index in [-0.39, 0.29) is 23.7 Å². The Bertz CT molecular complexity index is 752. The molecular formula is C18H22FN3O2S. The molecule has 4 rings (SSSR count). The number of ether oxygens (including phenoxy) is 1. The molecule has 0 radical (unpaired) electrons. The molecule has 1 amide bonds. The summed E-state index contributed by atoms with van der Waals surface area (Å²) in [5, 5.41) is 4.02. The number of piperidine rings is 1. The van der Waals surface area contributed by atoms with Crippen molar-refractivity contribution in [3.63, 3.8) is 0 Å². The number of halogens is 1. The number of benzene rings is 1. The van der Waals surface area contributed by atoms with Crippen LogP contribution in [-0.4, -0.2) is 43.2 Å². The molecule has 1 aromatic carbocycles. The van der Waals surface area contributed by atoms with Crippen LogP contribution in [0.25, 0.3) is 10.2 Å². The molecule has 134 valence electrons. The van der Waals surface area contributed by atoms with Gasteiger partial charge in [0.2, 0.25) is 5.91 Å². The molecule has 0 atom stereocenters. The molecule has 2 aliphatic rings. The lowest BCUT2D eigenvalue weighted by atomic mass is 9.95. The minimum atomic E-state index is -0.272. The van der Waals surface area contributed by atoms with Crippen molar-refractivity contribution in [3.05, 3.63) is 24.0 Å². The highest BCUT2D eigenvalue weighted by atomic mass is 32.1. The van der Waals surface area contributed by atoms with Crippen LogP contribution in [0.15, 0.2) is 18.2 Å². The zero-order chi connectivity index (χ0) is 17.2. The van der Waals surface area contributed by atoms with Crippen LogP contribution >= 0.6 is 11.3 Å². The maximum Gasteiger partial charge on any atom is 0.223 e. The number of nitrogens with one attached hydrogen (secondary N) is 1. The van der Waals surface area contributed by atoms with Crippen molar-refractivity contribution >= 4 is 32.6 Å². The highest BCUT2D eigenvalue weighted by Gasteiger charge is 2.28. The second kappa shape index (κ2) is 7.25. The Morgan fingerprint density at radius 1 is 1.24 bits per heavy atom. The van der Waals surface area contributed by atoms with E-state index in [0.717, 1.165) is 61.8 Å². The molecule has 2 aliphatic heterocycles. The third kappa shape index (κ3) is 3.62. The fourth-order valence-corrected chi connectivity index (χ4v) is 4.56. The van der Waals surface area contributed by atoms with Crippen LogP contribution in [0, 0.1) is 11.7 Å². The maximum atomic E-state index is 13.8. The number of thiazole rings is 1. The van der Waals surface area contributed by atoms with Gasteiger partial charge in [-0.2, -0.15) is 0 Å². The molecule has 0 aliphatic carbocycles. The minimum Gasteiger partial charge on any atom is -0.381 e. The molecule has 0 unspecified atom stereocenters. The number of rotatable bonds is 3. The number of para-hydroxylation sites is 1. The van der Waals surface area contributed by atoms with Crippen LogP contribution in [0.2, 0.25) is 0 Å². The van der Waals surface area contributed by atoms with Gasteiger partial charge in [-0.05, 0) is 37.8 Å². The van der Waals surface area contributed by atoms with Crippen molar-refractivity contribution in [1.82, 2.24) is 10.3 Å². The molecular weight excluding hydrogens is 341 g/mol. The topological polar surface area (TPSA) is 54.5 Å². The van der Waals surface area contributed by atoms with Gasteiger partial charge in [-0.25, -0.2) is 9.37 Å². The van der Waals surface area contributed by atoms with Gasteiger partial charge in [0.1, 0.15) is 11.3 Å². The Labute approximate surface area is 150 Å². The number of hydrogen-bond donors (Lipinski definition) is 1. The van der Waals surface area contributed by atoms with Gasteiger partial charge in [-0.15, -0.1) is 0 Å². The molecule has 1 N–H and O–H groups in total. The van der Waals surface area contributed by atoms with E-state index in [9.17, 15) is 9.18 Å². The quantitative estimate of drug-likeness (QED) is 0.911. The lowest BCUT2D eigenvalue weighted by Crippen LogP contribution is -2.45. The van der Waals surface area contributed by atoms with Crippen LogP contribution in [-0.2, 0) is 9.53 Å². The van der Waals surface area contributed by atoms with Crippen LogP contribution in [0.4, 0.5) is 9.52 Å². The first-order valence-electron chi connectivity index (χ1n) is 8.89. The number of nitrogens with zero attached hydrogens (tertiary/aromatic N) is 2. The number of aromatic nitrogens is 1. The van der Waals surface area contributed by atoms with Crippen LogP contribution in [0.1, 0.15) is 25.7 Å². The molecule has 7 heteroatoms. The van der Waals surface area contributed by atoms with E-state index in [4.69, 9.17) is 4.74 Å². The summed E-state index contributed by atoms with van der Waals surface area (Å²) in [6.45, 7) is 3.04. The van der Waals surface area contributed by atoms with E-state index < -0.39 is 0 Å². The molecule has 0 spiro atoms. The first-order valence-corrected chi connectivity index (χ1v) is 9.70. The van der Waals surface area contributed by atoms with Crippen molar-refractivity contribution in [3.8, 4) is 0 Å². The van der Waals surface area contributed by atoms with E-state index >= 15 is 0 Å². The van der Waals surface area contributed by atoms with E-state index in [0.29, 0.717) is 5.52 Å². The molecule has 2 fully saturated rings. The third-order valence-corrected chi connectivity index (χ3v) is 6.14. The van der Waals surface area contributed by atoms with Gasteiger partial charge in [-0.1, -0.05) is 17.4 Å². The predicted octanol–water partition coefficient (Wildman–Crippen LogP) is 2.95. The summed E-state index contributed by atoms with van der Waals surface area (Å²) in [5.74, 6) is -0.0437. The average Bonchev–Trinajstić information content (AvgIpc) is 3.08. The fraction of sp³-hybridized carbons (Fsp3) is 0.556. The molecule has 5 nitrogen and oxygen atoms in total. The highest BCUT2D eigenvalue weighted by Crippen LogP contribution is 2.32. The number of amides is 1. The van der Waals surface area contributed by atoms with Gasteiger partial charge in [0.15, 0.2) is 5.13 Å². The Morgan fingerprint density at radius 2 is 2.00 bits per heavy atom. The minimum absolute atomic E-state index is 0.0604. The second-order valence-electron chi connectivity index (χ2n) is 6.74. The highest BCUT2D eigenvalue weighted by molar-refractivity contribution is 7.22. The lowest BCUT2D eigenvalue weighted by Gasteiger charge is -2.32. The lowest BCUT2D eigenvalue weighted by molar-refractivity contribution is -0.126. The largest absolute Gasteiger partial charge is 0.381 e. The van der Waals surface area contributed by atoms with Crippen molar-refractivity contribution in [2.75, 3.05) is 31.2 Å².